The van der Waals surface area contributed by atoms with Crippen molar-refractivity contribution in [1.82, 2.24) is 0 Å². The first-order valence-electron chi connectivity index (χ1n) is 9.89. The van der Waals surface area contributed by atoms with Gasteiger partial charge in [-0.15, -0.1) is 0 Å². The van der Waals surface area contributed by atoms with Gasteiger partial charge in [-0.1, -0.05) is 25.8 Å². The van der Waals surface area contributed by atoms with Gasteiger partial charge >= 0.3 is 17.9 Å². The average molecular weight is 430 g/mol. The van der Waals surface area contributed by atoms with Crippen LogP contribution in [0.25, 0.3) is 0 Å². The molecule has 0 bridgehead atoms. The van der Waals surface area contributed by atoms with E-state index >= 15 is 4.39 Å². The van der Waals surface area contributed by atoms with Gasteiger partial charge in [0.05, 0.1) is 0 Å². The van der Waals surface area contributed by atoms with Gasteiger partial charge in [-0.2, -0.15) is 0 Å². The van der Waals surface area contributed by atoms with Gasteiger partial charge in [-0.25, -0.2) is 18.8 Å². The van der Waals surface area contributed by atoms with Gasteiger partial charge in [0.25, 0.3) is 0 Å². The Morgan fingerprint density at radius 2 is 1.48 bits per heavy atom. The lowest BCUT2D eigenvalue weighted by atomic mass is 9.80. The van der Waals surface area contributed by atoms with Crippen LogP contribution in [0.5, 0.6) is 11.5 Å². The van der Waals surface area contributed by atoms with E-state index < -0.39 is 36.1 Å². The van der Waals surface area contributed by atoms with E-state index in [1.54, 1.807) is 6.07 Å². The quantitative estimate of drug-likeness (QED) is 0.353. The van der Waals surface area contributed by atoms with Crippen molar-refractivity contribution in [1.29, 1.82) is 0 Å². The standard InChI is InChI=1S/C24H27FO6/c1-13(2)22(26)29-16-7-9-18(20(25)11-16)19-10-8-17(30-23(27)14(3)4)12-21(19)31-24(28)15(5)6/h8,10,12,16,18,20H,1,3,5,7,9,11H2,2,4,6H3. The fourth-order valence-corrected chi connectivity index (χ4v) is 3.14. The first kappa shape index (κ1) is 24.1. The van der Waals surface area contributed by atoms with Crippen molar-refractivity contribution in [2.45, 2.75) is 58.2 Å². The molecule has 2 rings (SSSR count). The van der Waals surface area contributed by atoms with Gasteiger partial charge < -0.3 is 14.2 Å². The summed E-state index contributed by atoms with van der Waals surface area (Å²) in [6.07, 6.45) is -1.04. The number of ether oxygens (including phenoxy) is 3. The molecule has 0 spiro atoms. The van der Waals surface area contributed by atoms with Gasteiger partial charge in [0.15, 0.2) is 0 Å². The first-order valence-corrected chi connectivity index (χ1v) is 9.89. The number of hydrogen-bond donors (Lipinski definition) is 0. The normalized spacial score (nSPS) is 20.3. The fraction of sp³-hybridized carbons (Fsp3) is 0.375. The van der Waals surface area contributed by atoms with Crippen LogP contribution in [0.1, 0.15) is 51.5 Å². The Balaban J connectivity index is 2.27. The fourth-order valence-electron chi connectivity index (χ4n) is 3.14. The number of esters is 3. The van der Waals surface area contributed by atoms with Crippen molar-refractivity contribution >= 4 is 17.9 Å². The van der Waals surface area contributed by atoms with Crippen molar-refractivity contribution in [3.05, 3.63) is 60.2 Å². The van der Waals surface area contributed by atoms with Crippen LogP contribution in [0, 0.1) is 0 Å². The minimum atomic E-state index is -1.33. The molecule has 1 aliphatic carbocycles. The van der Waals surface area contributed by atoms with Crippen LogP contribution >= 0.6 is 0 Å². The summed E-state index contributed by atoms with van der Waals surface area (Å²) in [5, 5.41) is 0. The van der Waals surface area contributed by atoms with Gasteiger partial charge in [0.2, 0.25) is 0 Å². The maximum absolute atomic E-state index is 15.1. The summed E-state index contributed by atoms with van der Waals surface area (Å²) < 4.78 is 30.9. The monoisotopic (exact) mass is 430 g/mol. The number of rotatable bonds is 7. The molecule has 0 saturated heterocycles. The summed E-state index contributed by atoms with van der Waals surface area (Å²) in [5.41, 5.74) is 1.09. The smallest absolute Gasteiger partial charge is 0.338 e. The number of hydrogen-bond acceptors (Lipinski definition) is 6. The Morgan fingerprint density at radius 1 is 0.903 bits per heavy atom. The summed E-state index contributed by atoms with van der Waals surface area (Å²) in [5.74, 6) is -2.21. The van der Waals surface area contributed by atoms with E-state index in [0.29, 0.717) is 18.4 Å². The van der Waals surface area contributed by atoms with Crippen LogP contribution < -0.4 is 9.47 Å². The molecule has 0 heterocycles. The molecule has 0 aromatic heterocycles. The second-order valence-electron chi connectivity index (χ2n) is 7.78. The molecule has 0 N–H and O–H groups in total. The predicted molar refractivity (Wildman–Crippen MR) is 114 cm³/mol. The van der Waals surface area contributed by atoms with Gasteiger partial charge in [0, 0.05) is 40.7 Å². The molecule has 0 radical (unpaired) electrons. The lowest BCUT2D eigenvalue weighted by molar-refractivity contribution is -0.147. The number of carbonyl (C=O) groups excluding carboxylic acids is 3. The summed E-state index contributed by atoms with van der Waals surface area (Å²) in [4.78, 5) is 35.6. The average Bonchev–Trinajstić information content (AvgIpc) is 2.68. The maximum Gasteiger partial charge on any atom is 0.338 e. The summed E-state index contributed by atoms with van der Waals surface area (Å²) >= 11 is 0. The molecule has 1 fully saturated rings. The van der Waals surface area contributed by atoms with Crippen LogP contribution in [0.3, 0.4) is 0 Å². The molecule has 3 atom stereocenters. The van der Waals surface area contributed by atoms with Crippen molar-refractivity contribution in [2.75, 3.05) is 0 Å². The number of carbonyl (C=O) groups is 3. The van der Waals surface area contributed by atoms with Crippen molar-refractivity contribution < 1.29 is 33.0 Å². The van der Waals surface area contributed by atoms with Crippen LogP contribution in [-0.4, -0.2) is 30.2 Å². The molecular formula is C24H27FO6. The van der Waals surface area contributed by atoms with E-state index in [1.165, 1.54) is 32.9 Å². The van der Waals surface area contributed by atoms with Crippen LogP contribution in [0.4, 0.5) is 4.39 Å². The minimum Gasteiger partial charge on any atom is -0.459 e. The van der Waals surface area contributed by atoms with E-state index in [2.05, 4.69) is 19.7 Å². The maximum atomic E-state index is 15.1. The molecule has 1 aliphatic rings. The van der Waals surface area contributed by atoms with Crippen molar-refractivity contribution in [3.8, 4) is 11.5 Å². The highest BCUT2D eigenvalue weighted by Gasteiger charge is 2.35. The molecule has 7 heteroatoms. The molecule has 1 aromatic rings. The molecule has 0 aliphatic heterocycles. The summed E-state index contributed by atoms with van der Waals surface area (Å²) in [7, 11) is 0. The van der Waals surface area contributed by atoms with E-state index in [0.717, 1.165) is 0 Å². The molecule has 3 unspecified atom stereocenters. The third-order valence-electron chi connectivity index (χ3n) is 4.84. The van der Waals surface area contributed by atoms with Crippen LogP contribution in [0.2, 0.25) is 0 Å². The zero-order valence-electron chi connectivity index (χ0n) is 18.0. The molecular weight excluding hydrogens is 403 g/mol. The second kappa shape index (κ2) is 10.2. The molecule has 0 amide bonds. The minimum absolute atomic E-state index is 0.0178. The zero-order valence-corrected chi connectivity index (χ0v) is 18.0. The van der Waals surface area contributed by atoms with Crippen LogP contribution in [0.15, 0.2) is 54.7 Å². The van der Waals surface area contributed by atoms with E-state index in [4.69, 9.17) is 14.2 Å². The summed E-state index contributed by atoms with van der Waals surface area (Å²) in [6, 6.07) is 4.45. The molecule has 166 valence electrons. The second-order valence-corrected chi connectivity index (χ2v) is 7.78. The molecule has 1 aromatic carbocycles. The Hall–Kier alpha value is -3.22. The largest absolute Gasteiger partial charge is 0.459 e. The molecule has 6 nitrogen and oxygen atoms in total. The lowest BCUT2D eigenvalue weighted by Crippen LogP contribution is -2.31. The highest BCUT2D eigenvalue weighted by molar-refractivity contribution is 5.90. The topological polar surface area (TPSA) is 78.9 Å². The van der Waals surface area contributed by atoms with Gasteiger partial charge in [-0.05, 0) is 39.7 Å². The third-order valence-corrected chi connectivity index (χ3v) is 4.84. The molecule has 1 saturated carbocycles. The lowest BCUT2D eigenvalue weighted by Gasteiger charge is -2.32. The number of halogens is 1. The summed E-state index contributed by atoms with van der Waals surface area (Å²) in [6.45, 7) is 15.1. The Bertz CT molecular complexity index is 932. The number of benzene rings is 1. The first-order chi connectivity index (χ1) is 14.5. The SMILES string of the molecule is C=C(C)C(=O)Oc1ccc(C2CCC(OC(=O)C(=C)C)CC2F)c(OC(=O)C(=C)C)c1. The van der Waals surface area contributed by atoms with Crippen molar-refractivity contribution in [2.24, 2.45) is 0 Å². The highest BCUT2D eigenvalue weighted by atomic mass is 19.1. The number of alkyl halides is 1. The predicted octanol–water partition coefficient (Wildman–Crippen LogP) is 4.74. The van der Waals surface area contributed by atoms with Gasteiger partial charge in [-0.3, -0.25) is 0 Å². The van der Waals surface area contributed by atoms with E-state index in [-0.39, 0.29) is 34.6 Å². The Labute approximate surface area is 181 Å². The van der Waals surface area contributed by atoms with E-state index in [1.807, 2.05) is 0 Å². The van der Waals surface area contributed by atoms with Crippen molar-refractivity contribution in [3.63, 3.8) is 0 Å². The third kappa shape index (κ3) is 6.38. The Kier molecular flexibility index (Phi) is 7.91. The van der Waals surface area contributed by atoms with Gasteiger partial charge in [0.1, 0.15) is 23.8 Å². The van der Waals surface area contributed by atoms with Crippen LogP contribution in [-0.2, 0) is 19.1 Å². The Morgan fingerprint density at radius 3 is 2.03 bits per heavy atom. The zero-order chi connectivity index (χ0) is 23.3. The molecule has 31 heavy (non-hydrogen) atoms. The highest BCUT2D eigenvalue weighted by Crippen LogP contribution is 2.42. The van der Waals surface area contributed by atoms with E-state index in [9.17, 15) is 14.4 Å².